The normalized spacial score (nSPS) is 10.3. The number of anilines is 2. The number of hydrogen-bond acceptors (Lipinski definition) is 4. The van der Waals surface area contributed by atoms with E-state index < -0.39 is 0 Å². The molecule has 0 amide bonds. The summed E-state index contributed by atoms with van der Waals surface area (Å²) in [6, 6.07) is 0. The van der Waals surface area contributed by atoms with E-state index in [9.17, 15) is 0 Å². The van der Waals surface area contributed by atoms with Gasteiger partial charge < -0.3 is 11.5 Å². The minimum atomic E-state index is 0.383. The van der Waals surface area contributed by atoms with Crippen LogP contribution in [0.5, 0.6) is 0 Å². The van der Waals surface area contributed by atoms with Gasteiger partial charge in [-0.15, -0.1) is 0 Å². The maximum atomic E-state index is 5.59. The molecule has 0 aliphatic heterocycles. The molecule has 0 aliphatic carbocycles. The maximum absolute atomic E-state index is 5.59. The van der Waals surface area contributed by atoms with Gasteiger partial charge in [-0.2, -0.15) is 10.2 Å². The standard InChI is InChI=1S/C6H8N6/c7-5-4(6(8)12-11-5)3-1-9-10-2-3/h1-2H,(H,9,10)(H5,7,8,11,12). The Morgan fingerprint density at radius 3 is 2.67 bits per heavy atom. The number of nitrogens with two attached hydrogens (primary N) is 2. The summed E-state index contributed by atoms with van der Waals surface area (Å²) in [7, 11) is 0. The van der Waals surface area contributed by atoms with Crippen molar-refractivity contribution >= 4 is 11.6 Å². The van der Waals surface area contributed by atoms with Gasteiger partial charge in [-0.3, -0.25) is 10.2 Å². The van der Waals surface area contributed by atoms with Crippen molar-refractivity contribution in [2.24, 2.45) is 0 Å². The molecule has 0 atom stereocenters. The van der Waals surface area contributed by atoms with Crippen molar-refractivity contribution in [3.8, 4) is 11.1 Å². The minimum Gasteiger partial charge on any atom is -0.383 e. The Balaban J connectivity index is 2.60. The lowest BCUT2D eigenvalue weighted by Crippen LogP contribution is -1.89. The molecule has 0 saturated carbocycles. The summed E-state index contributed by atoms with van der Waals surface area (Å²) in [5, 5.41) is 12.8. The highest BCUT2D eigenvalue weighted by Gasteiger charge is 2.10. The van der Waals surface area contributed by atoms with E-state index in [4.69, 9.17) is 11.5 Å². The monoisotopic (exact) mass is 164 g/mol. The smallest absolute Gasteiger partial charge is 0.155 e. The van der Waals surface area contributed by atoms with Crippen LogP contribution in [-0.4, -0.2) is 20.4 Å². The van der Waals surface area contributed by atoms with Crippen LogP contribution in [0, 0.1) is 0 Å². The highest BCUT2D eigenvalue weighted by molar-refractivity contribution is 5.81. The largest absolute Gasteiger partial charge is 0.383 e. The van der Waals surface area contributed by atoms with Crippen LogP contribution in [0.4, 0.5) is 11.6 Å². The summed E-state index contributed by atoms with van der Waals surface area (Å²) in [4.78, 5) is 0. The number of aromatic nitrogens is 4. The van der Waals surface area contributed by atoms with Crippen molar-refractivity contribution in [2.45, 2.75) is 0 Å². The van der Waals surface area contributed by atoms with Gasteiger partial charge in [0, 0.05) is 11.8 Å². The van der Waals surface area contributed by atoms with Crippen molar-refractivity contribution in [3.63, 3.8) is 0 Å². The van der Waals surface area contributed by atoms with E-state index in [1.54, 1.807) is 12.4 Å². The molecule has 0 bridgehead atoms. The predicted octanol–water partition coefficient (Wildman–Crippen LogP) is -0.0358. The Kier molecular flexibility index (Phi) is 1.26. The number of nitrogens with one attached hydrogen (secondary N) is 2. The first-order valence-corrected chi connectivity index (χ1v) is 3.37. The van der Waals surface area contributed by atoms with Crippen molar-refractivity contribution < 1.29 is 0 Å². The molecule has 0 aromatic carbocycles. The molecule has 6 N–H and O–H groups in total. The fourth-order valence-corrected chi connectivity index (χ4v) is 1.06. The van der Waals surface area contributed by atoms with Crippen molar-refractivity contribution in [2.75, 3.05) is 11.5 Å². The van der Waals surface area contributed by atoms with E-state index in [1.165, 1.54) is 0 Å². The van der Waals surface area contributed by atoms with E-state index in [0.717, 1.165) is 5.56 Å². The van der Waals surface area contributed by atoms with Crippen molar-refractivity contribution in [3.05, 3.63) is 12.4 Å². The summed E-state index contributed by atoms with van der Waals surface area (Å²) in [5.41, 5.74) is 12.7. The van der Waals surface area contributed by atoms with E-state index >= 15 is 0 Å². The first kappa shape index (κ1) is 6.71. The first-order valence-electron chi connectivity index (χ1n) is 3.37. The molecule has 0 fully saturated rings. The van der Waals surface area contributed by atoms with Crippen LogP contribution in [0.2, 0.25) is 0 Å². The van der Waals surface area contributed by atoms with E-state index in [-0.39, 0.29) is 0 Å². The van der Waals surface area contributed by atoms with Crippen LogP contribution < -0.4 is 11.5 Å². The third-order valence-corrected chi connectivity index (χ3v) is 1.61. The zero-order valence-electron chi connectivity index (χ0n) is 6.20. The fraction of sp³-hybridized carbons (Fsp3) is 0. The van der Waals surface area contributed by atoms with Crippen LogP contribution in [0.25, 0.3) is 11.1 Å². The van der Waals surface area contributed by atoms with E-state index in [0.29, 0.717) is 17.2 Å². The number of nitrogens with zero attached hydrogens (tertiary/aromatic N) is 2. The maximum Gasteiger partial charge on any atom is 0.155 e. The Hall–Kier alpha value is -1.98. The van der Waals surface area contributed by atoms with Gasteiger partial charge in [-0.05, 0) is 0 Å². The van der Waals surface area contributed by atoms with Crippen LogP contribution in [0.3, 0.4) is 0 Å². The molecular weight excluding hydrogens is 156 g/mol. The van der Waals surface area contributed by atoms with Crippen LogP contribution in [0.1, 0.15) is 0 Å². The second kappa shape index (κ2) is 2.26. The van der Waals surface area contributed by atoms with Gasteiger partial charge in [0.15, 0.2) is 5.82 Å². The number of aromatic amines is 2. The molecule has 0 aliphatic rings. The molecule has 0 spiro atoms. The highest BCUT2D eigenvalue weighted by Crippen LogP contribution is 2.27. The molecule has 6 nitrogen and oxygen atoms in total. The average Bonchev–Trinajstić information content (AvgIpc) is 2.61. The third-order valence-electron chi connectivity index (χ3n) is 1.61. The van der Waals surface area contributed by atoms with Gasteiger partial charge in [-0.25, -0.2) is 0 Å². The van der Waals surface area contributed by atoms with Crippen LogP contribution >= 0.6 is 0 Å². The molecule has 0 radical (unpaired) electrons. The number of nitrogen functional groups attached to an aromatic ring is 2. The molecule has 12 heavy (non-hydrogen) atoms. The molecule has 2 aromatic heterocycles. The zero-order valence-corrected chi connectivity index (χ0v) is 6.20. The molecule has 0 unspecified atom stereocenters. The minimum absolute atomic E-state index is 0.383. The Morgan fingerprint density at radius 1 is 1.33 bits per heavy atom. The molecule has 62 valence electrons. The molecule has 0 saturated heterocycles. The van der Waals surface area contributed by atoms with E-state index in [2.05, 4.69) is 20.4 Å². The summed E-state index contributed by atoms with van der Waals surface area (Å²) >= 11 is 0. The molecule has 2 rings (SSSR count). The third kappa shape index (κ3) is 0.815. The second-order valence-electron chi connectivity index (χ2n) is 2.38. The first-order chi connectivity index (χ1) is 5.79. The van der Waals surface area contributed by atoms with Gasteiger partial charge >= 0.3 is 0 Å². The zero-order chi connectivity index (χ0) is 8.55. The van der Waals surface area contributed by atoms with Crippen molar-refractivity contribution in [1.29, 1.82) is 0 Å². The Labute approximate surface area is 68.0 Å². The average molecular weight is 164 g/mol. The summed E-state index contributed by atoms with van der Waals surface area (Å²) in [5.74, 6) is 0.836. The second-order valence-corrected chi connectivity index (χ2v) is 2.38. The van der Waals surface area contributed by atoms with Crippen LogP contribution in [0.15, 0.2) is 12.4 Å². The summed E-state index contributed by atoms with van der Waals surface area (Å²) in [6.07, 6.45) is 3.34. The van der Waals surface area contributed by atoms with Gasteiger partial charge in [0.05, 0.1) is 11.8 Å². The number of H-pyrrole nitrogens is 2. The lowest BCUT2D eigenvalue weighted by atomic mass is 10.2. The Morgan fingerprint density at radius 2 is 2.17 bits per heavy atom. The molecule has 2 aromatic rings. The number of hydrogen-bond donors (Lipinski definition) is 4. The van der Waals surface area contributed by atoms with Crippen LogP contribution in [-0.2, 0) is 0 Å². The van der Waals surface area contributed by atoms with Crippen molar-refractivity contribution in [1.82, 2.24) is 20.4 Å². The number of rotatable bonds is 1. The topological polar surface area (TPSA) is 109 Å². The Bertz CT molecular complexity index is 353. The molecule has 6 heteroatoms. The van der Waals surface area contributed by atoms with Gasteiger partial charge in [0.25, 0.3) is 0 Å². The molecule has 2 heterocycles. The highest BCUT2D eigenvalue weighted by atomic mass is 15.2. The predicted molar refractivity (Wildman–Crippen MR) is 45.0 cm³/mol. The van der Waals surface area contributed by atoms with Gasteiger partial charge in [0.2, 0.25) is 0 Å². The SMILES string of the molecule is Nc1n[nH]c(N)c1-c1cn[nH]c1. The lowest BCUT2D eigenvalue weighted by Gasteiger charge is -1.93. The lowest BCUT2D eigenvalue weighted by molar-refractivity contribution is 1.09. The summed E-state index contributed by atoms with van der Waals surface area (Å²) < 4.78 is 0. The molecular formula is C6H8N6. The fourth-order valence-electron chi connectivity index (χ4n) is 1.06. The van der Waals surface area contributed by atoms with Gasteiger partial charge in [-0.1, -0.05) is 0 Å². The summed E-state index contributed by atoms with van der Waals surface area (Å²) in [6.45, 7) is 0. The van der Waals surface area contributed by atoms with Gasteiger partial charge in [0.1, 0.15) is 5.82 Å². The van der Waals surface area contributed by atoms with E-state index in [1.807, 2.05) is 0 Å². The quantitative estimate of drug-likeness (QED) is 0.474.